The average molecular weight is 388 g/mol. The van der Waals surface area contributed by atoms with Gasteiger partial charge in [-0.05, 0) is 49.4 Å². The summed E-state index contributed by atoms with van der Waals surface area (Å²) in [7, 11) is 0. The topological polar surface area (TPSA) is 76.4 Å². The van der Waals surface area contributed by atoms with E-state index < -0.39 is 17.8 Å². The maximum absolute atomic E-state index is 13.2. The van der Waals surface area contributed by atoms with Crippen molar-refractivity contribution in [3.63, 3.8) is 0 Å². The van der Waals surface area contributed by atoms with Crippen LogP contribution in [0.3, 0.4) is 0 Å². The third-order valence-electron chi connectivity index (χ3n) is 4.60. The van der Waals surface area contributed by atoms with Crippen LogP contribution in [-0.2, 0) is 0 Å². The molecule has 0 aliphatic carbocycles. The number of nitrogens with one attached hydrogen (secondary N) is 1. The van der Waals surface area contributed by atoms with Crippen LogP contribution >= 0.6 is 0 Å². The molecule has 144 valence electrons. The van der Waals surface area contributed by atoms with E-state index in [4.69, 9.17) is 0 Å². The highest BCUT2D eigenvalue weighted by molar-refractivity contribution is 6.15. The molecule has 7 heteroatoms. The first-order valence-electron chi connectivity index (χ1n) is 9.04. The summed E-state index contributed by atoms with van der Waals surface area (Å²) in [4.78, 5) is 25.8. The summed E-state index contributed by atoms with van der Waals surface area (Å²) in [6, 6.07) is 16.9. The van der Waals surface area contributed by atoms with Gasteiger partial charge >= 0.3 is 0 Å². The largest absolute Gasteiger partial charge is 0.342 e. The fourth-order valence-electron chi connectivity index (χ4n) is 3.13. The van der Waals surface area contributed by atoms with E-state index in [9.17, 15) is 14.0 Å². The van der Waals surface area contributed by atoms with Gasteiger partial charge in [-0.1, -0.05) is 24.3 Å². The molecule has 2 aromatic heterocycles. The minimum Gasteiger partial charge on any atom is -0.342 e. The SMILES string of the molecule is CC(NC(=O)c1ccccc1C(=O)c1ccc(F)cc1)c1nnc2ccccn12. The fourth-order valence-corrected chi connectivity index (χ4v) is 3.13. The number of aromatic nitrogens is 3. The number of ketones is 1. The number of carbonyl (C=O) groups excluding carboxylic acids is 2. The molecule has 1 amide bonds. The van der Waals surface area contributed by atoms with Gasteiger partial charge in [0.15, 0.2) is 17.3 Å². The van der Waals surface area contributed by atoms with E-state index in [0.717, 1.165) is 0 Å². The molecule has 2 heterocycles. The van der Waals surface area contributed by atoms with Crippen LogP contribution in [0.5, 0.6) is 0 Å². The van der Waals surface area contributed by atoms with Crippen LogP contribution in [0.1, 0.15) is 45.1 Å². The summed E-state index contributed by atoms with van der Waals surface area (Å²) >= 11 is 0. The molecule has 0 aliphatic rings. The van der Waals surface area contributed by atoms with Crippen molar-refractivity contribution in [2.75, 3.05) is 0 Å². The maximum Gasteiger partial charge on any atom is 0.252 e. The van der Waals surface area contributed by atoms with Crippen LogP contribution in [0.15, 0.2) is 72.9 Å². The number of halogens is 1. The van der Waals surface area contributed by atoms with E-state index in [1.54, 1.807) is 35.6 Å². The normalized spacial score (nSPS) is 11.9. The van der Waals surface area contributed by atoms with Crippen LogP contribution < -0.4 is 5.32 Å². The molecule has 4 rings (SSSR count). The monoisotopic (exact) mass is 388 g/mol. The molecule has 0 fully saturated rings. The van der Waals surface area contributed by atoms with Crippen LogP contribution in [0.4, 0.5) is 4.39 Å². The van der Waals surface area contributed by atoms with Gasteiger partial charge < -0.3 is 5.32 Å². The van der Waals surface area contributed by atoms with Gasteiger partial charge in [-0.25, -0.2) is 4.39 Å². The first-order chi connectivity index (χ1) is 14.0. The molecule has 4 aromatic rings. The molecule has 1 N–H and O–H groups in total. The van der Waals surface area contributed by atoms with Crippen molar-refractivity contribution in [3.05, 3.63) is 101 Å². The second-order valence-electron chi connectivity index (χ2n) is 6.56. The number of benzene rings is 2. The first-order valence-corrected chi connectivity index (χ1v) is 9.04. The Morgan fingerprint density at radius 3 is 2.38 bits per heavy atom. The van der Waals surface area contributed by atoms with E-state index in [1.807, 2.05) is 24.4 Å². The lowest BCUT2D eigenvalue weighted by molar-refractivity contribution is 0.0928. The van der Waals surface area contributed by atoms with E-state index in [2.05, 4.69) is 15.5 Å². The Bertz CT molecular complexity index is 1200. The van der Waals surface area contributed by atoms with E-state index in [0.29, 0.717) is 17.0 Å². The zero-order valence-electron chi connectivity index (χ0n) is 15.5. The number of amides is 1. The molecule has 1 unspecified atom stereocenters. The second kappa shape index (κ2) is 7.63. The number of rotatable bonds is 5. The molecule has 6 nitrogen and oxygen atoms in total. The molecule has 29 heavy (non-hydrogen) atoms. The summed E-state index contributed by atoms with van der Waals surface area (Å²) in [5.41, 5.74) is 1.47. The Balaban J connectivity index is 1.61. The number of hydrogen-bond donors (Lipinski definition) is 1. The van der Waals surface area contributed by atoms with Gasteiger partial charge in [-0.3, -0.25) is 14.0 Å². The van der Waals surface area contributed by atoms with Crippen molar-refractivity contribution in [2.45, 2.75) is 13.0 Å². The van der Waals surface area contributed by atoms with Gasteiger partial charge in [-0.15, -0.1) is 10.2 Å². The molecule has 0 saturated carbocycles. The molecule has 0 saturated heterocycles. The quantitative estimate of drug-likeness (QED) is 0.530. The predicted octanol–water partition coefficient (Wildman–Crippen LogP) is 3.59. The summed E-state index contributed by atoms with van der Waals surface area (Å²) in [6.45, 7) is 1.80. The number of nitrogens with zero attached hydrogens (tertiary/aromatic N) is 3. The highest BCUT2D eigenvalue weighted by atomic mass is 19.1. The molecular weight excluding hydrogens is 371 g/mol. The fraction of sp³-hybridized carbons (Fsp3) is 0.0909. The van der Waals surface area contributed by atoms with Gasteiger partial charge in [0, 0.05) is 17.3 Å². The Labute approximate surface area is 166 Å². The standard InChI is InChI=1S/C22H17FN4O2/c1-14(21-26-25-19-8-4-5-13-27(19)21)24-22(29)18-7-3-2-6-17(18)20(28)15-9-11-16(23)12-10-15/h2-14H,1H3,(H,24,29). The maximum atomic E-state index is 13.2. The molecule has 1 atom stereocenters. The van der Waals surface area contributed by atoms with Gasteiger partial charge in [0.1, 0.15) is 5.82 Å². The number of pyridine rings is 1. The lowest BCUT2D eigenvalue weighted by Gasteiger charge is -2.14. The molecule has 0 aliphatic heterocycles. The second-order valence-corrected chi connectivity index (χ2v) is 6.56. The number of carbonyl (C=O) groups is 2. The van der Waals surface area contributed by atoms with Crippen molar-refractivity contribution in [1.82, 2.24) is 19.9 Å². The minimum atomic E-state index is -0.436. The van der Waals surface area contributed by atoms with Gasteiger partial charge in [0.25, 0.3) is 5.91 Å². The van der Waals surface area contributed by atoms with Crippen molar-refractivity contribution in [2.24, 2.45) is 0 Å². The highest BCUT2D eigenvalue weighted by Crippen LogP contribution is 2.18. The van der Waals surface area contributed by atoms with Gasteiger partial charge in [0.05, 0.1) is 11.6 Å². The van der Waals surface area contributed by atoms with Crippen LogP contribution in [-0.4, -0.2) is 26.3 Å². The van der Waals surface area contributed by atoms with Crippen molar-refractivity contribution in [1.29, 1.82) is 0 Å². The number of fused-ring (bicyclic) bond motifs is 1. The molecule has 0 radical (unpaired) electrons. The van der Waals surface area contributed by atoms with E-state index in [1.165, 1.54) is 24.3 Å². The Kier molecular flexibility index (Phi) is 4.87. The third-order valence-corrected chi connectivity index (χ3v) is 4.60. The van der Waals surface area contributed by atoms with Gasteiger partial charge in [-0.2, -0.15) is 0 Å². The summed E-state index contributed by atoms with van der Waals surface area (Å²) in [6.07, 6.45) is 1.82. The zero-order chi connectivity index (χ0) is 20.4. The van der Waals surface area contributed by atoms with Gasteiger partial charge in [0.2, 0.25) is 0 Å². The Morgan fingerprint density at radius 2 is 1.62 bits per heavy atom. The van der Waals surface area contributed by atoms with E-state index in [-0.39, 0.29) is 16.9 Å². The molecule has 0 bridgehead atoms. The van der Waals surface area contributed by atoms with Crippen LogP contribution in [0.2, 0.25) is 0 Å². The average Bonchev–Trinajstić information content (AvgIpc) is 3.18. The van der Waals surface area contributed by atoms with Crippen molar-refractivity contribution < 1.29 is 14.0 Å². The lowest BCUT2D eigenvalue weighted by atomic mass is 9.97. The molecular formula is C22H17FN4O2. The summed E-state index contributed by atoms with van der Waals surface area (Å²) in [5.74, 6) is -0.606. The lowest BCUT2D eigenvalue weighted by Crippen LogP contribution is -2.29. The smallest absolute Gasteiger partial charge is 0.252 e. The molecule has 0 spiro atoms. The van der Waals surface area contributed by atoms with Crippen molar-refractivity contribution in [3.8, 4) is 0 Å². The molecule has 2 aromatic carbocycles. The van der Waals surface area contributed by atoms with Crippen LogP contribution in [0.25, 0.3) is 5.65 Å². The zero-order valence-corrected chi connectivity index (χ0v) is 15.5. The minimum absolute atomic E-state index is 0.238. The van der Waals surface area contributed by atoms with Crippen molar-refractivity contribution >= 4 is 17.3 Å². The summed E-state index contributed by atoms with van der Waals surface area (Å²) < 4.78 is 15.0. The van der Waals surface area contributed by atoms with E-state index >= 15 is 0 Å². The predicted molar refractivity (Wildman–Crippen MR) is 105 cm³/mol. The van der Waals surface area contributed by atoms with Crippen LogP contribution in [0, 0.1) is 5.82 Å². The highest BCUT2D eigenvalue weighted by Gasteiger charge is 2.21. The summed E-state index contributed by atoms with van der Waals surface area (Å²) in [5, 5.41) is 11.1. The third kappa shape index (κ3) is 3.62. The Hall–Kier alpha value is -3.87. The first kappa shape index (κ1) is 18.5. The number of hydrogen-bond acceptors (Lipinski definition) is 4. The Morgan fingerprint density at radius 1 is 0.931 bits per heavy atom.